The summed E-state index contributed by atoms with van der Waals surface area (Å²) in [5.41, 5.74) is -0.570. The van der Waals surface area contributed by atoms with Gasteiger partial charge in [0.1, 0.15) is 5.60 Å². The van der Waals surface area contributed by atoms with Gasteiger partial charge >= 0.3 is 0 Å². The van der Waals surface area contributed by atoms with Crippen LogP contribution in [-0.2, 0) is 4.84 Å². The lowest BCUT2D eigenvalue weighted by Crippen LogP contribution is -2.40. The van der Waals surface area contributed by atoms with Crippen molar-refractivity contribution in [1.29, 1.82) is 0 Å². The van der Waals surface area contributed by atoms with Gasteiger partial charge in [0.25, 0.3) is 0 Å². The van der Waals surface area contributed by atoms with Crippen LogP contribution in [0, 0.1) is 5.92 Å². The van der Waals surface area contributed by atoms with Gasteiger partial charge < -0.3 is 10.2 Å². The second-order valence-electron chi connectivity index (χ2n) is 4.20. The molecule has 0 radical (unpaired) electrons. The van der Waals surface area contributed by atoms with E-state index in [4.69, 9.17) is 4.84 Å². The third-order valence-electron chi connectivity index (χ3n) is 3.33. The van der Waals surface area contributed by atoms with E-state index >= 15 is 0 Å². The van der Waals surface area contributed by atoms with E-state index in [1.165, 1.54) is 0 Å². The van der Waals surface area contributed by atoms with E-state index in [0.717, 1.165) is 19.4 Å². The maximum atomic E-state index is 9.26. The third kappa shape index (κ3) is 1.29. The van der Waals surface area contributed by atoms with Gasteiger partial charge in [0.15, 0.2) is 0 Å². The van der Waals surface area contributed by atoms with Gasteiger partial charge in [0.2, 0.25) is 0 Å². The lowest BCUT2D eigenvalue weighted by molar-refractivity contribution is -0.204. The Morgan fingerprint density at radius 2 is 2.31 bits per heavy atom. The number of aliphatic hydroxyl groups excluding tert-OH is 2. The van der Waals surface area contributed by atoms with E-state index < -0.39 is 5.60 Å². The van der Waals surface area contributed by atoms with E-state index in [-0.39, 0.29) is 19.1 Å². The standard InChI is InChI=1S/C9H17NO3/c1-9(6-12)7(5-11)8-3-2-4-10(8)13-9/h7-8,11-12H,2-6H2,1H3/t7-,8-,9+/m1/s1. The van der Waals surface area contributed by atoms with E-state index in [9.17, 15) is 10.2 Å². The van der Waals surface area contributed by atoms with Crippen LogP contribution in [0.25, 0.3) is 0 Å². The highest BCUT2D eigenvalue weighted by Gasteiger charge is 2.52. The highest BCUT2D eigenvalue weighted by Crippen LogP contribution is 2.41. The largest absolute Gasteiger partial charge is 0.396 e. The molecule has 2 heterocycles. The summed E-state index contributed by atoms with van der Waals surface area (Å²) in [6.45, 7) is 2.87. The number of rotatable bonds is 2. The molecular formula is C9H17NO3. The zero-order valence-electron chi connectivity index (χ0n) is 7.94. The molecule has 2 saturated heterocycles. The number of hydrogen-bond acceptors (Lipinski definition) is 4. The smallest absolute Gasteiger partial charge is 0.117 e. The van der Waals surface area contributed by atoms with Crippen molar-refractivity contribution in [3.8, 4) is 0 Å². The third-order valence-corrected chi connectivity index (χ3v) is 3.33. The van der Waals surface area contributed by atoms with E-state index in [2.05, 4.69) is 0 Å². The minimum Gasteiger partial charge on any atom is -0.396 e. The summed E-state index contributed by atoms with van der Waals surface area (Å²) in [4.78, 5) is 5.65. The number of hydrogen-bond donors (Lipinski definition) is 2. The molecule has 0 aromatic carbocycles. The van der Waals surface area contributed by atoms with Gasteiger partial charge in [-0.1, -0.05) is 0 Å². The fourth-order valence-electron chi connectivity index (χ4n) is 2.48. The predicted octanol–water partition coefficient (Wildman–Crippen LogP) is -0.244. The highest BCUT2D eigenvalue weighted by molar-refractivity contribution is 4.98. The van der Waals surface area contributed by atoms with Crippen LogP contribution in [0.4, 0.5) is 0 Å². The molecule has 0 amide bonds. The van der Waals surface area contributed by atoms with Gasteiger partial charge in [-0.05, 0) is 19.8 Å². The molecule has 13 heavy (non-hydrogen) atoms. The summed E-state index contributed by atoms with van der Waals surface area (Å²) < 4.78 is 0. The van der Waals surface area contributed by atoms with Crippen LogP contribution < -0.4 is 0 Å². The molecule has 3 atom stereocenters. The van der Waals surface area contributed by atoms with Gasteiger partial charge in [-0.3, -0.25) is 4.84 Å². The minimum atomic E-state index is -0.570. The minimum absolute atomic E-state index is 0.0226. The van der Waals surface area contributed by atoms with Gasteiger partial charge in [-0.25, -0.2) is 0 Å². The van der Waals surface area contributed by atoms with Crippen LogP contribution in [0.1, 0.15) is 19.8 Å². The normalized spacial score (nSPS) is 45.5. The molecule has 0 aromatic rings. The maximum Gasteiger partial charge on any atom is 0.117 e. The van der Waals surface area contributed by atoms with Crippen LogP contribution in [0.5, 0.6) is 0 Å². The molecule has 0 bridgehead atoms. The monoisotopic (exact) mass is 187 g/mol. The molecule has 2 rings (SSSR count). The first-order chi connectivity index (χ1) is 6.21. The topological polar surface area (TPSA) is 52.9 Å². The first kappa shape index (κ1) is 9.40. The molecule has 0 saturated carbocycles. The molecule has 4 nitrogen and oxygen atoms in total. The summed E-state index contributed by atoms with van der Waals surface area (Å²) in [5, 5.41) is 20.4. The fraction of sp³-hybridized carbons (Fsp3) is 1.00. The zero-order valence-corrected chi connectivity index (χ0v) is 7.94. The summed E-state index contributed by atoms with van der Waals surface area (Å²) in [5.74, 6) is 0.0556. The van der Waals surface area contributed by atoms with Gasteiger partial charge in [0.05, 0.1) is 13.2 Å². The lowest BCUT2D eigenvalue weighted by atomic mass is 9.85. The summed E-state index contributed by atoms with van der Waals surface area (Å²) in [6, 6.07) is 0.308. The molecule has 2 N–H and O–H groups in total. The number of nitrogens with zero attached hydrogens (tertiary/aromatic N) is 1. The molecule has 2 fully saturated rings. The first-order valence-corrected chi connectivity index (χ1v) is 4.89. The molecule has 0 spiro atoms. The van der Waals surface area contributed by atoms with Gasteiger partial charge in [0, 0.05) is 18.5 Å². The first-order valence-electron chi connectivity index (χ1n) is 4.89. The van der Waals surface area contributed by atoms with Crippen LogP contribution in [0.2, 0.25) is 0 Å². The van der Waals surface area contributed by atoms with Crippen LogP contribution in [0.15, 0.2) is 0 Å². The lowest BCUT2D eigenvalue weighted by Gasteiger charge is -2.27. The Morgan fingerprint density at radius 1 is 1.54 bits per heavy atom. The highest BCUT2D eigenvalue weighted by atomic mass is 16.7. The molecule has 0 unspecified atom stereocenters. The van der Waals surface area contributed by atoms with Crippen molar-refractivity contribution in [2.75, 3.05) is 19.8 Å². The molecule has 76 valence electrons. The number of fused-ring (bicyclic) bond motifs is 1. The summed E-state index contributed by atoms with van der Waals surface area (Å²) in [6.07, 6.45) is 2.20. The van der Waals surface area contributed by atoms with Crippen LogP contribution in [0.3, 0.4) is 0 Å². The summed E-state index contributed by atoms with van der Waals surface area (Å²) >= 11 is 0. The Kier molecular flexibility index (Phi) is 2.32. The molecule has 0 aromatic heterocycles. The molecule has 0 aliphatic carbocycles. The Labute approximate surface area is 78.1 Å². The van der Waals surface area contributed by atoms with E-state index in [1.54, 1.807) is 0 Å². The molecule has 4 heteroatoms. The molecule has 2 aliphatic heterocycles. The van der Waals surface area contributed by atoms with Crippen LogP contribution in [-0.4, -0.2) is 46.7 Å². The van der Waals surface area contributed by atoms with Gasteiger partial charge in [-0.2, -0.15) is 5.06 Å². The second kappa shape index (κ2) is 3.20. The Balaban J connectivity index is 2.17. The molecular weight excluding hydrogens is 170 g/mol. The average Bonchev–Trinajstić information content (AvgIpc) is 2.62. The van der Waals surface area contributed by atoms with Crippen molar-refractivity contribution < 1.29 is 15.1 Å². The SMILES string of the molecule is C[C@@]1(CO)ON2CCC[C@@H]2[C@H]1CO. The second-order valence-corrected chi connectivity index (χ2v) is 4.20. The Morgan fingerprint density at radius 3 is 2.92 bits per heavy atom. The predicted molar refractivity (Wildman–Crippen MR) is 46.9 cm³/mol. The Bertz CT molecular complexity index is 199. The van der Waals surface area contributed by atoms with Crippen molar-refractivity contribution in [3.63, 3.8) is 0 Å². The average molecular weight is 187 g/mol. The van der Waals surface area contributed by atoms with Crippen molar-refractivity contribution in [3.05, 3.63) is 0 Å². The van der Waals surface area contributed by atoms with Crippen LogP contribution >= 0.6 is 0 Å². The van der Waals surface area contributed by atoms with Crippen molar-refractivity contribution in [2.24, 2.45) is 5.92 Å². The number of aliphatic hydroxyl groups is 2. The fourth-order valence-corrected chi connectivity index (χ4v) is 2.48. The van der Waals surface area contributed by atoms with Crippen molar-refractivity contribution >= 4 is 0 Å². The molecule has 2 aliphatic rings. The number of hydroxylamine groups is 2. The maximum absolute atomic E-state index is 9.26. The van der Waals surface area contributed by atoms with E-state index in [0.29, 0.717) is 6.04 Å². The Hall–Kier alpha value is -0.160. The zero-order chi connectivity index (χ0) is 9.47. The van der Waals surface area contributed by atoms with Gasteiger partial charge in [-0.15, -0.1) is 0 Å². The van der Waals surface area contributed by atoms with Crippen molar-refractivity contribution in [1.82, 2.24) is 5.06 Å². The summed E-state index contributed by atoms with van der Waals surface area (Å²) in [7, 11) is 0. The quantitative estimate of drug-likeness (QED) is 0.626. The van der Waals surface area contributed by atoms with Crippen molar-refractivity contribution in [2.45, 2.75) is 31.4 Å². The van der Waals surface area contributed by atoms with E-state index in [1.807, 2.05) is 12.0 Å².